The lowest BCUT2D eigenvalue weighted by Gasteiger charge is -2.18. The van der Waals surface area contributed by atoms with Crippen LogP contribution in [0.3, 0.4) is 0 Å². The molecule has 0 fully saturated rings. The lowest BCUT2D eigenvalue weighted by Crippen LogP contribution is -2.18. The second-order valence-corrected chi connectivity index (χ2v) is 23.1. The van der Waals surface area contributed by atoms with Crippen molar-refractivity contribution in [3.63, 3.8) is 0 Å². The fourth-order valence-electron chi connectivity index (χ4n) is 7.67. The van der Waals surface area contributed by atoms with Crippen molar-refractivity contribution in [1.29, 1.82) is 42.1 Å². The normalized spacial score (nSPS) is 12.2. The molecule has 11 nitrogen and oxygen atoms in total. The van der Waals surface area contributed by atoms with Gasteiger partial charge in [-0.05, 0) is 122 Å². The molecule has 1 aliphatic rings. The van der Waals surface area contributed by atoms with Crippen molar-refractivity contribution in [3.8, 4) is 120 Å². The first-order chi connectivity index (χ1) is 35.2. The van der Waals surface area contributed by atoms with E-state index in [1.807, 2.05) is 97.1 Å². The molecule has 0 spiro atoms. The van der Waals surface area contributed by atoms with E-state index in [9.17, 15) is 42.1 Å². The highest BCUT2D eigenvalue weighted by Gasteiger charge is 2.30. The van der Waals surface area contributed by atoms with Crippen LogP contribution in [0.25, 0.3) is 84.5 Å². The highest BCUT2D eigenvalue weighted by molar-refractivity contribution is 7.29. The summed E-state index contributed by atoms with van der Waals surface area (Å²) in [7, 11) is 0. The number of ether oxygens (including phenoxy) is 2. The molecule has 8 aromatic rings. The van der Waals surface area contributed by atoms with E-state index in [4.69, 9.17) is 9.47 Å². The molecular weight excluding hydrogens is 1030 g/mol. The second kappa shape index (κ2) is 22.2. The molecule has 0 bridgehead atoms. The van der Waals surface area contributed by atoms with Gasteiger partial charge in [0.05, 0.1) is 37.5 Å². The molecule has 0 saturated heterocycles. The average molecular weight is 1060 g/mol. The molecule has 9 heterocycles. The van der Waals surface area contributed by atoms with Gasteiger partial charge in [0.15, 0.2) is 11.5 Å². The Morgan fingerprint density at radius 3 is 1.32 bits per heavy atom. The van der Waals surface area contributed by atoms with Crippen LogP contribution in [0.4, 0.5) is 0 Å². The standard InChI is InChI=1S/C54H29N9O2S7/c55-24-32(25-56)20-37-3-9-43(66-37)41-7-8-42(44-13-14-47(70-44)45-10-4-38(67-45)21-33(26-57)27-58)63(41)18-1-2-36-17-19-64-51-52(65-36)54(49-12-6-40(69-49)23-35(30-61)31-62)72-53(51)50-16-15-48(71-50)46-11-5-39(68-46)22-34(28-59)29-60/h3-16,20-23,36H,1-2,17-19H2. The Kier molecular flexibility index (Phi) is 15.0. The average Bonchev–Trinajstić information content (AvgIpc) is 4.26. The van der Waals surface area contributed by atoms with Gasteiger partial charge in [0, 0.05) is 61.7 Å². The van der Waals surface area contributed by atoms with Gasteiger partial charge in [-0.25, -0.2) is 0 Å². The SMILES string of the molecule is N#CC(C#N)=Cc1ccc(-c2ccc(-c3sc(-c4ccc(C=C(C#N)C#N)s4)c4c3OCCC(CCCn3c(-c5ccc(C=C(C#N)C#N)s5)ccc3-c3ccc(-c5ccc(C=C(C#N)C#N)s5)s3)O4)s2)s1. The number of nitrogens with zero attached hydrogens (tertiary/aromatic N) is 9. The highest BCUT2D eigenvalue weighted by atomic mass is 32.1. The summed E-state index contributed by atoms with van der Waals surface area (Å²) in [6.07, 6.45) is 8.26. The van der Waals surface area contributed by atoms with Gasteiger partial charge in [0.25, 0.3) is 0 Å². The van der Waals surface area contributed by atoms with Crippen LogP contribution in [-0.2, 0) is 6.54 Å². The number of fused-ring (bicyclic) bond motifs is 1. The van der Waals surface area contributed by atoms with Gasteiger partial charge >= 0.3 is 0 Å². The summed E-state index contributed by atoms with van der Waals surface area (Å²) in [6, 6.07) is 43.7. The zero-order valence-corrected chi connectivity index (χ0v) is 42.9. The van der Waals surface area contributed by atoms with Crippen molar-refractivity contribution in [2.45, 2.75) is 31.9 Å². The molecule has 0 amide bonds. The maximum Gasteiger partial charge on any atom is 0.181 e. The third-order valence-corrected chi connectivity index (χ3v) is 19.2. The smallest absolute Gasteiger partial charge is 0.181 e. The number of thiophene rings is 7. The molecule has 18 heteroatoms. The van der Waals surface area contributed by atoms with Crippen LogP contribution in [0.5, 0.6) is 11.5 Å². The first-order valence-electron chi connectivity index (χ1n) is 21.6. The molecule has 0 aromatic carbocycles. The van der Waals surface area contributed by atoms with Gasteiger partial charge in [-0.1, -0.05) is 0 Å². The topological polar surface area (TPSA) is 214 Å². The fourth-order valence-corrected chi connectivity index (χ4v) is 15.1. The van der Waals surface area contributed by atoms with E-state index in [1.54, 1.807) is 58.3 Å². The van der Waals surface area contributed by atoms with Crippen LogP contribution in [0.2, 0.25) is 0 Å². The number of nitriles is 8. The number of aromatic nitrogens is 1. The van der Waals surface area contributed by atoms with Crippen molar-refractivity contribution >= 4 is 104 Å². The van der Waals surface area contributed by atoms with Gasteiger partial charge in [-0.3, -0.25) is 0 Å². The van der Waals surface area contributed by atoms with Gasteiger partial charge in [0.1, 0.15) is 77.0 Å². The zero-order chi connectivity index (χ0) is 50.1. The van der Waals surface area contributed by atoms with Gasteiger partial charge < -0.3 is 14.0 Å². The van der Waals surface area contributed by atoms with Gasteiger partial charge in [0.2, 0.25) is 0 Å². The van der Waals surface area contributed by atoms with E-state index in [0.717, 1.165) is 86.1 Å². The molecule has 0 aliphatic carbocycles. The largest absolute Gasteiger partial charge is 0.488 e. The number of rotatable bonds is 14. The van der Waals surface area contributed by atoms with Crippen molar-refractivity contribution in [1.82, 2.24) is 4.57 Å². The Morgan fingerprint density at radius 1 is 0.444 bits per heavy atom. The summed E-state index contributed by atoms with van der Waals surface area (Å²) in [5, 5.41) is 75.0. The molecule has 72 heavy (non-hydrogen) atoms. The van der Waals surface area contributed by atoms with Crippen LogP contribution in [0.15, 0.2) is 107 Å². The van der Waals surface area contributed by atoms with Crippen molar-refractivity contribution in [3.05, 3.63) is 127 Å². The van der Waals surface area contributed by atoms with E-state index in [1.165, 1.54) is 45.3 Å². The minimum Gasteiger partial charge on any atom is -0.488 e. The summed E-state index contributed by atoms with van der Waals surface area (Å²) < 4.78 is 16.0. The lowest BCUT2D eigenvalue weighted by atomic mass is 10.1. The summed E-state index contributed by atoms with van der Waals surface area (Å²) in [6.45, 7) is 1.08. The Bertz CT molecular complexity index is 3820. The summed E-state index contributed by atoms with van der Waals surface area (Å²) in [5.41, 5.74) is 2.17. The highest BCUT2D eigenvalue weighted by Crippen LogP contribution is 2.57. The molecule has 0 saturated carbocycles. The third-order valence-electron chi connectivity index (χ3n) is 10.9. The predicted octanol–water partition coefficient (Wildman–Crippen LogP) is 15.7. The molecule has 1 unspecified atom stereocenters. The summed E-state index contributed by atoms with van der Waals surface area (Å²) in [5.74, 6) is 1.32. The third kappa shape index (κ3) is 10.5. The number of allylic oxidation sites excluding steroid dienone is 4. The van der Waals surface area contributed by atoms with E-state index >= 15 is 0 Å². The number of hydrogen-bond donors (Lipinski definition) is 0. The lowest BCUT2D eigenvalue weighted by molar-refractivity contribution is 0.177. The molecule has 8 aromatic heterocycles. The first kappa shape index (κ1) is 48.7. The van der Waals surface area contributed by atoms with Crippen LogP contribution in [0.1, 0.15) is 38.8 Å². The molecule has 0 N–H and O–H groups in total. The fraction of sp³-hybridized carbons (Fsp3) is 0.111. The van der Waals surface area contributed by atoms with Crippen molar-refractivity contribution < 1.29 is 9.47 Å². The number of hydrogen-bond acceptors (Lipinski definition) is 17. The van der Waals surface area contributed by atoms with Crippen LogP contribution < -0.4 is 9.47 Å². The quantitative estimate of drug-likeness (QED) is 0.0939. The monoisotopic (exact) mass is 1060 g/mol. The molecule has 0 radical (unpaired) electrons. The van der Waals surface area contributed by atoms with E-state index < -0.39 is 0 Å². The van der Waals surface area contributed by atoms with Crippen LogP contribution >= 0.6 is 79.4 Å². The van der Waals surface area contributed by atoms with Crippen LogP contribution in [-0.4, -0.2) is 17.3 Å². The van der Waals surface area contributed by atoms with Crippen molar-refractivity contribution in [2.75, 3.05) is 6.61 Å². The molecule has 1 aliphatic heterocycles. The molecule has 9 rings (SSSR count). The van der Waals surface area contributed by atoms with Gasteiger partial charge in [-0.2, -0.15) is 42.1 Å². The second-order valence-electron chi connectivity index (χ2n) is 15.5. The predicted molar refractivity (Wildman–Crippen MR) is 289 cm³/mol. The Labute approximate surface area is 441 Å². The van der Waals surface area contributed by atoms with E-state index in [0.29, 0.717) is 37.5 Å². The van der Waals surface area contributed by atoms with E-state index in [-0.39, 0.29) is 28.4 Å². The maximum absolute atomic E-state index is 9.47. The minimum atomic E-state index is -0.201. The Balaban J connectivity index is 1.02. The Hall–Kier alpha value is -8.34. The summed E-state index contributed by atoms with van der Waals surface area (Å²) >= 11 is 10.8. The first-order valence-corrected chi connectivity index (χ1v) is 27.3. The van der Waals surface area contributed by atoms with Crippen LogP contribution in [0, 0.1) is 90.6 Å². The maximum atomic E-state index is 9.47. The van der Waals surface area contributed by atoms with Crippen molar-refractivity contribution in [2.24, 2.45) is 0 Å². The van der Waals surface area contributed by atoms with Gasteiger partial charge in [-0.15, -0.1) is 79.4 Å². The minimum absolute atomic E-state index is 0.0125. The molecular formula is C54H29N9O2S7. The molecule has 344 valence electrons. The Morgan fingerprint density at radius 2 is 0.806 bits per heavy atom. The molecule has 1 atom stereocenters. The summed E-state index contributed by atoms with van der Waals surface area (Å²) in [4.78, 5) is 13.1. The zero-order valence-electron chi connectivity index (χ0n) is 37.2. The van der Waals surface area contributed by atoms with E-state index in [2.05, 4.69) is 41.0 Å².